The summed E-state index contributed by atoms with van der Waals surface area (Å²) in [6, 6.07) is 15.9. The number of ether oxygens (including phenoxy) is 1. The monoisotopic (exact) mass is 396 g/mol. The van der Waals surface area contributed by atoms with Crippen molar-refractivity contribution in [3.63, 3.8) is 0 Å². The van der Waals surface area contributed by atoms with Gasteiger partial charge in [0, 0.05) is 6.42 Å². The number of hydrogen-bond donors (Lipinski definition) is 0. The predicted molar refractivity (Wildman–Crippen MR) is 120 cm³/mol. The molecule has 28 heavy (non-hydrogen) atoms. The van der Waals surface area contributed by atoms with Crippen LogP contribution >= 0.6 is 0 Å². The second kappa shape index (κ2) is 9.24. The minimum atomic E-state index is -1.94. The Labute approximate surface area is 170 Å². The second-order valence-corrected chi connectivity index (χ2v) is 13.3. The molecule has 0 atom stereocenters. The number of hydrogen-bond acceptors (Lipinski definition) is 3. The molecule has 2 aromatic carbocycles. The SMILES string of the molecule is COc1cc(/C=C/C(=O)CCc2ccccc2)ccc1O[Si](C)(C)C(C)(C)C. The highest BCUT2D eigenvalue weighted by Gasteiger charge is 2.39. The number of rotatable bonds is 8. The third kappa shape index (κ3) is 6.09. The first-order chi connectivity index (χ1) is 13.1. The number of carbonyl (C=O) groups is 1. The molecule has 0 bridgehead atoms. The summed E-state index contributed by atoms with van der Waals surface area (Å²) in [5.41, 5.74) is 2.10. The molecule has 0 aromatic heterocycles. The Morgan fingerprint density at radius 3 is 2.32 bits per heavy atom. The van der Waals surface area contributed by atoms with Gasteiger partial charge in [0.1, 0.15) is 5.75 Å². The number of benzene rings is 2. The molecule has 0 unspecified atom stereocenters. The molecular weight excluding hydrogens is 364 g/mol. The first kappa shape index (κ1) is 22.0. The number of carbonyl (C=O) groups excluding carboxylic acids is 1. The fourth-order valence-electron chi connectivity index (χ4n) is 2.48. The fraction of sp³-hybridized carbons (Fsp3) is 0.375. The first-order valence-electron chi connectivity index (χ1n) is 9.74. The molecule has 0 aliphatic heterocycles. The lowest BCUT2D eigenvalue weighted by atomic mass is 10.1. The summed E-state index contributed by atoms with van der Waals surface area (Å²) in [6.07, 6.45) is 4.74. The lowest BCUT2D eigenvalue weighted by molar-refractivity contribution is -0.114. The Balaban J connectivity index is 2.04. The van der Waals surface area contributed by atoms with Crippen molar-refractivity contribution in [2.24, 2.45) is 0 Å². The van der Waals surface area contributed by atoms with Gasteiger partial charge in [0.25, 0.3) is 8.32 Å². The van der Waals surface area contributed by atoms with E-state index in [1.54, 1.807) is 13.2 Å². The highest BCUT2D eigenvalue weighted by atomic mass is 28.4. The number of ketones is 1. The van der Waals surface area contributed by atoms with Gasteiger partial charge in [-0.3, -0.25) is 4.79 Å². The molecule has 2 rings (SSSR count). The largest absolute Gasteiger partial charge is 0.541 e. The van der Waals surface area contributed by atoms with Crippen molar-refractivity contribution in [1.29, 1.82) is 0 Å². The average molecular weight is 397 g/mol. The molecular formula is C24H32O3Si. The normalized spacial score (nSPS) is 12.2. The van der Waals surface area contributed by atoms with Crippen molar-refractivity contribution < 1.29 is 14.0 Å². The quantitative estimate of drug-likeness (QED) is 0.388. The number of methoxy groups -OCH3 is 1. The zero-order chi connectivity index (χ0) is 20.8. The van der Waals surface area contributed by atoms with Crippen molar-refractivity contribution >= 4 is 20.2 Å². The molecule has 0 N–H and O–H groups in total. The molecule has 0 saturated heterocycles. The van der Waals surface area contributed by atoms with Crippen molar-refractivity contribution in [2.45, 2.75) is 51.7 Å². The maximum atomic E-state index is 12.2. The molecule has 0 radical (unpaired) electrons. The third-order valence-corrected chi connectivity index (χ3v) is 9.67. The molecule has 4 heteroatoms. The summed E-state index contributed by atoms with van der Waals surface area (Å²) >= 11 is 0. The molecule has 0 aliphatic carbocycles. The van der Waals surface area contributed by atoms with Crippen molar-refractivity contribution in [3.05, 3.63) is 65.7 Å². The van der Waals surface area contributed by atoms with Crippen molar-refractivity contribution in [1.82, 2.24) is 0 Å². The van der Waals surface area contributed by atoms with E-state index >= 15 is 0 Å². The van der Waals surface area contributed by atoms with Crippen LogP contribution in [-0.4, -0.2) is 21.2 Å². The standard InChI is InChI=1S/C24H32O3Si/c1-24(2,3)28(5,6)27-22-17-14-20(18-23(22)26-4)13-16-21(25)15-12-19-10-8-7-9-11-19/h7-11,13-14,16-18H,12,15H2,1-6H3/b16-13+. The third-order valence-electron chi connectivity index (χ3n) is 5.32. The topological polar surface area (TPSA) is 35.5 Å². The fourth-order valence-corrected chi connectivity index (χ4v) is 3.51. The first-order valence-corrected chi connectivity index (χ1v) is 12.6. The van der Waals surface area contributed by atoms with Crippen LogP contribution in [0, 0.1) is 0 Å². The van der Waals surface area contributed by atoms with Crippen molar-refractivity contribution in [2.75, 3.05) is 7.11 Å². The van der Waals surface area contributed by atoms with Gasteiger partial charge in [-0.15, -0.1) is 0 Å². The van der Waals surface area contributed by atoms with Gasteiger partial charge in [-0.25, -0.2) is 0 Å². The maximum absolute atomic E-state index is 12.2. The molecule has 0 amide bonds. The van der Waals surface area contributed by atoms with Gasteiger partial charge >= 0.3 is 0 Å². The zero-order valence-corrected chi connectivity index (χ0v) is 18.9. The Morgan fingerprint density at radius 1 is 1.04 bits per heavy atom. The van der Waals surface area contributed by atoms with Gasteiger partial charge in [0.15, 0.2) is 11.5 Å². The second-order valence-electron chi connectivity index (χ2n) is 8.56. The zero-order valence-electron chi connectivity index (χ0n) is 17.9. The summed E-state index contributed by atoms with van der Waals surface area (Å²) in [7, 11) is -0.297. The molecule has 3 nitrogen and oxygen atoms in total. The van der Waals surface area contributed by atoms with E-state index in [0.29, 0.717) is 12.2 Å². The summed E-state index contributed by atoms with van der Waals surface area (Å²) in [5.74, 6) is 1.58. The van der Waals surface area contributed by atoms with E-state index < -0.39 is 8.32 Å². The number of allylic oxidation sites excluding steroid dienone is 1. The molecule has 150 valence electrons. The molecule has 0 aliphatic rings. The van der Waals surface area contributed by atoms with Crippen LogP contribution in [-0.2, 0) is 11.2 Å². The Morgan fingerprint density at radius 2 is 1.71 bits per heavy atom. The minimum absolute atomic E-state index is 0.113. The van der Waals surface area contributed by atoms with Crippen molar-refractivity contribution in [3.8, 4) is 11.5 Å². The molecule has 0 saturated carbocycles. The van der Waals surface area contributed by atoms with E-state index in [1.165, 1.54) is 5.56 Å². The lowest BCUT2D eigenvalue weighted by Gasteiger charge is -2.36. The van der Waals surface area contributed by atoms with Gasteiger partial charge < -0.3 is 9.16 Å². The molecule has 2 aromatic rings. The van der Waals surface area contributed by atoms with Crippen LogP contribution in [0.4, 0.5) is 0 Å². The Kier molecular flexibility index (Phi) is 7.25. The molecule has 0 heterocycles. The van der Waals surface area contributed by atoms with Gasteiger partial charge in [-0.1, -0.05) is 63.2 Å². The van der Waals surface area contributed by atoms with Gasteiger partial charge in [0.2, 0.25) is 0 Å². The minimum Gasteiger partial charge on any atom is -0.541 e. The summed E-state index contributed by atoms with van der Waals surface area (Å²) in [4.78, 5) is 12.2. The van der Waals surface area contributed by atoms with E-state index in [4.69, 9.17) is 9.16 Å². The molecule has 0 fully saturated rings. The maximum Gasteiger partial charge on any atom is 0.250 e. The van der Waals surface area contributed by atoms with Crippen LogP contribution < -0.4 is 9.16 Å². The van der Waals surface area contributed by atoms with Crippen LogP contribution in [0.3, 0.4) is 0 Å². The summed E-state index contributed by atoms with van der Waals surface area (Å²) in [6.45, 7) is 11.1. The Hall–Kier alpha value is -2.33. The smallest absolute Gasteiger partial charge is 0.250 e. The van der Waals surface area contributed by atoms with E-state index in [2.05, 4.69) is 33.9 Å². The highest BCUT2D eigenvalue weighted by Crippen LogP contribution is 2.40. The molecule has 0 spiro atoms. The van der Waals surface area contributed by atoms with Crippen LogP contribution in [0.2, 0.25) is 18.1 Å². The summed E-state index contributed by atoms with van der Waals surface area (Å²) in [5, 5.41) is 0.113. The highest BCUT2D eigenvalue weighted by molar-refractivity contribution is 6.74. The van der Waals surface area contributed by atoms with Crippen LogP contribution in [0.25, 0.3) is 6.08 Å². The Bertz CT molecular complexity index is 817. The van der Waals surface area contributed by atoms with Crippen LogP contribution in [0.1, 0.15) is 38.3 Å². The van der Waals surface area contributed by atoms with Crippen LogP contribution in [0.15, 0.2) is 54.6 Å². The van der Waals surface area contributed by atoms with E-state index in [0.717, 1.165) is 17.7 Å². The van der Waals surface area contributed by atoms with Gasteiger partial charge in [0.05, 0.1) is 7.11 Å². The summed E-state index contributed by atoms with van der Waals surface area (Å²) < 4.78 is 11.9. The van der Waals surface area contributed by atoms with Gasteiger partial charge in [-0.05, 0) is 53.9 Å². The van der Waals surface area contributed by atoms with E-state index in [9.17, 15) is 4.79 Å². The van der Waals surface area contributed by atoms with E-state index in [-0.39, 0.29) is 10.8 Å². The number of aryl methyl sites for hydroxylation is 1. The van der Waals surface area contributed by atoms with Gasteiger partial charge in [-0.2, -0.15) is 0 Å². The predicted octanol–water partition coefficient (Wildman–Crippen LogP) is 6.29. The average Bonchev–Trinajstić information content (AvgIpc) is 2.65. The lowest BCUT2D eigenvalue weighted by Crippen LogP contribution is -2.43. The van der Waals surface area contributed by atoms with E-state index in [1.807, 2.05) is 54.6 Å². The van der Waals surface area contributed by atoms with Crippen LogP contribution in [0.5, 0.6) is 11.5 Å².